The molecule has 0 saturated carbocycles. The highest BCUT2D eigenvalue weighted by Crippen LogP contribution is 2.17. The van der Waals surface area contributed by atoms with E-state index < -0.39 is 5.97 Å². The Balaban J connectivity index is 1.61. The fourth-order valence-corrected chi connectivity index (χ4v) is 1.98. The summed E-state index contributed by atoms with van der Waals surface area (Å²) in [6, 6.07) is 15.8. The average molecular weight is 355 g/mol. The summed E-state index contributed by atoms with van der Waals surface area (Å²) < 4.78 is 21.3. The Morgan fingerprint density at radius 1 is 0.846 bits per heavy atom. The van der Waals surface area contributed by atoms with Crippen LogP contribution in [0.2, 0.25) is 0 Å². The van der Waals surface area contributed by atoms with E-state index >= 15 is 0 Å². The Bertz CT molecular complexity index is 719. The molecule has 26 heavy (non-hydrogen) atoms. The molecule has 2 aromatic carbocycles. The zero-order chi connectivity index (χ0) is 18.6. The second-order valence-corrected chi connectivity index (χ2v) is 5.31. The van der Waals surface area contributed by atoms with Crippen LogP contribution in [0.3, 0.4) is 0 Å². The van der Waals surface area contributed by atoms with Gasteiger partial charge in [-0.15, -0.1) is 0 Å². The van der Waals surface area contributed by atoms with Crippen LogP contribution in [0, 0.1) is 11.3 Å². The van der Waals surface area contributed by atoms with Crippen LogP contribution in [-0.4, -0.2) is 32.4 Å². The largest absolute Gasteiger partial charge is 0.494 e. The van der Waals surface area contributed by atoms with E-state index in [4.69, 9.17) is 24.2 Å². The van der Waals surface area contributed by atoms with Crippen molar-refractivity contribution in [3.63, 3.8) is 0 Å². The van der Waals surface area contributed by atoms with E-state index in [0.29, 0.717) is 23.7 Å². The molecule has 136 valence electrons. The molecule has 0 amide bonds. The van der Waals surface area contributed by atoms with Gasteiger partial charge in [0.05, 0.1) is 18.2 Å². The number of hydrogen-bond donors (Lipinski definition) is 0. The van der Waals surface area contributed by atoms with Crippen LogP contribution in [0.4, 0.5) is 0 Å². The number of ether oxygens (including phenoxy) is 4. The van der Waals surface area contributed by atoms with Gasteiger partial charge in [-0.2, -0.15) is 5.26 Å². The van der Waals surface area contributed by atoms with Crippen molar-refractivity contribution in [2.24, 2.45) is 0 Å². The van der Waals surface area contributed by atoms with Crippen molar-refractivity contribution in [1.29, 1.82) is 5.26 Å². The molecule has 0 fully saturated rings. The van der Waals surface area contributed by atoms with Crippen LogP contribution in [-0.2, 0) is 9.53 Å². The van der Waals surface area contributed by atoms with Gasteiger partial charge in [0, 0.05) is 0 Å². The van der Waals surface area contributed by atoms with Crippen molar-refractivity contribution in [3.8, 4) is 23.3 Å². The van der Waals surface area contributed by atoms with Gasteiger partial charge < -0.3 is 18.9 Å². The van der Waals surface area contributed by atoms with Crippen LogP contribution in [0.15, 0.2) is 48.5 Å². The summed E-state index contributed by atoms with van der Waals surface area (Å²) in [5, 5.41) is 8.71. The molecule has 0 N–H and O–H groups in total. The molecule has 0 aliphatic carbocycles. The van der Waals surface area contributed by atoms with Crippen molar-refractivity contribution in [2.75, 3.05) is 26.4 Å². The zero-order valence-electron chi connectivity index (χ0n) is 14.6. The van der Waals surface area contributed by atoms with Crippen molar-refractivity contribution in [2.45, 2.75) is 13.3 Å². The SMILES string of the molecule is CCCOc1ccc(OCCOC(=O)COc2ccc(C#N)cc2)cc1. The molecule has 0 bridgehead atoms. The van der Waals surface area contributed by atoms with Crippen molar-refractivity contribution >= 4 is 5.97 Å². The first-order valence-electron chi connectivity index (χ1n) is 8.35. The lowest BCUT2D eigenvalue weighted by Gasteiger charge is -2.09. The highest BCUT2D eigenvalue weighted by molar-refractivity contribution is 5.71. The molecule has 0 heterocycles. The smallest absolute Gasteiger partial charge is 0.344 e. The fraction of sp³-hybridized carbons (Fsp3) is 0.300. The second kappa shape index (κ2) is 10.6. The standard InChI is InChI=1S/C20H21NO5/c1-2-11-23-17-7-9-18(10-8-17)24-12-13-25-20(22)15-26-19-5-3-16(14-21)4-6-19/h3-10H,2,11-13,15H2,1H3. The molecular weight excluding hydrogens is 334 g/mol. The predicted molar refractivity (Wildman–Crippen MR) is 95.3 cm³/mol. The molecule has 0 spiro atoms. The number of esters is 1. The number of rotatable bonds is 10. The van der Waals surface area contributed by atoms with Crippen LogP contribution in [0.1, 0.15) is 18.9 Å². The van der Waals surface area contributed by atoms with Crippen LogP contribution < -0.4 is 14.2 Å². The Kier molecular flexibility index (Phi) is 7.81. The minimum Gasteiger partial charge on any atom is -0.494 e. The monoisotopic (exact) mass is 355 g/mol. The van der Waals surface area contributed by atoms with Gasteiger partial charge in [-0.3, -0.25) is 0 Å². The van der Waals surface area contributed by atoms with E-state index in [9.17, 15) is 4.79 Å². The third-order valence-electron chi connectivity index (χ3n) is 3.25. The number of nitrogens with zero attached hydrogens (tertiary/aromatic N) is 1. The van der Waals surface area contributed by atoms with E-state index in [2.05, 4.69) is 0 Å². The summed E-state index contributed by atoms with van der Waals surface area (Å²) >= 11 is 0. The number of carbonyl (C=O) groups excluding carboxylic acids is 1. The first-order chi connectivity index (χ1) is 12.7. The molecule has 0 aromatic heterocycles. The summed E-state index contributed by atoms with van der Waals surface area (Å²) in [4.78, 5) is 11.6. The number of carbonyl (C=O) groups is 1. The number of nitriles is 1. The van der Waals surface area contributed by atoms with Crippen molar-refractivity contribution in [1.82, 2.24) is 0 Å². The van der Waals surface area contributed by atoms with Gasteiger partial charge in [-0.25, -0.2) is 4.79 Å². The molecule has 0 unspecified atom stereocenters. The number of benzene rings is 2. The van der Waals surface area contributed by atoms with Crippen molar-refractivity contribution in [3.05, 3.63) is 54.1 Å². The molecule has 0 atom stereocenters. The fourth-order valence-electron chi connectivity index (χ4n) is 1.98. The third kappa shape index (κ3) is 6.73. The Morgan fingerprint density at radius 2 is 1.38 bits per heavy atom. The van der Waals surface area contributed by atoms with Gasteiger partial charge in [0.1, 0.15) is 30.5 Å². The lowest BCUT2D eigenvalue weighted by molar-refractivity contribution is -0.146. The molecule has 0 saturated heterocycles. The maximum atomic E-state index is 11.6. The molecule has 2 rings (SSSR count). The first-order valence-corrected chi connectivity index (χ1v) is 8.35. The van der Waals surface area contributed by atoms with E-state index in [1.165, 1.54) is 0 Å². The Hall–Kier alpha value is -3.20. The quantitative estimate of drug-likeness (QED) is 0.480. The Morgan fingerprint density at radius 3 is 1.96 bits per heavy atom. The topological polar surface area (TPSA) is 77.8 Å². The maximum Gasteiger partial charge on any atom is 0.344 e. The van der Waals surface area contributed by atoms with E-state index in [1.54, 1.807) is 36.4 Å². The highest BCUT2D eigenvalue weighted by atomic mass is 16.6. The van der Waals surface area contributed by atoms with E-state index in [-0.39, 0.29) is 19.8 Å². The summed E-state index contributed by atoms with van der Waals surface area (Å²) in [6.07, 6.45) is 0.957. The Labute approximate surface area is 152 Å². The van der Waals surface area contributed by atoms with Gasteiger partial charge in [0.25, 0.3) is 0 Å². The maximum absolute atomic E-state index is 11.6. The van der Waals surface area contributed by atoms with Crippen molar-refractivity contribution < 1.29 is 23.7 Å². The molecule has 6 heteroatoms. The van der Waals surface area contributed by atoms with Gasteiger partial charge >= 0.3 is 5.97 Å². The van der Waals surface area contributed by atoms with Crippen LogP contribution in [0.25, 0.3) is 0 Å². The van der Waals surface area contributed by atoms with Crippen LogP contribution >= 0.6 is 0 Å². The summed E-state index contributed by atoms with van der Waals surface area (Å²) in [7, 11) is 0. The summed E-state index contributed by atoms with van der Waals surface area (Å²) in [5.41, 5.74) is 0.530. The minimum absolute atomic E-state index is 0.129. The average Bonchev–Trinajstić information content (AvgIpc) is 2.69. The molecule has 0 radical (unpaired) electrons. The first kappa shape index (κ1) is 19.1. The van der Waals surface area contributed by atoms with Gasteiger partial charge in [-0.05, 0) is 55.0 Å². The lowest BCUT2D eigenvalue weighted by atomic mass is 10.2. The van der Waals surface area contributed by atoms with E-state index in [1.807, 2.05) is 25.1 Å². The second-order valence-electron chi connectivity index (χ2n) is 5.31. The molecule has 6 nitrogen and oxygen atoms in total. The molecule has 0 aliphatic rings. The number of hydrogen-bond acceptors (Lipinski definition) is 6. The van der Waals surface area contributed by atoms with Gasteiger partial charge in [-0.1, -0.05) is 6.92 Å². The predicted octanol–water partition coefficient (Wildman–Crippen LogP) is 3.35. The van der Waals surface area contributed by atoms with Gasteiger partial charge in [0.2, 0.25) is 0 Å². The minimum atomic E-state index is -0.485. The highest BCUT2D eigenvalue weighted by Gasteiger charge is 2.05. The summed E-state index contributed by atoms with van der Waals surface area (Å²) in [6.45, 7) is 2.91. The lowest BCUT2D eigenvalue weighted by Crippen LogP contribution is -2.18. The molecule has 0 aliphatic heterocycles. The zero-order valence-corrected chi connectivity index (χ0v) is 14.6. The van der Waals surface area contributed by atoms with E-state index in [0.717, 1.165) is 12.2 Å². The molecule has 2 aromatic rings. The van der Waals surface area contributed by atoms with Gasteiger partial charge in [0.15, 0.2) is 6.61 Å². The summed E-state index contributed by atoms with van der Waals surface area (Å²) in [5.74, 6) is 1.49. The molecular formula is C20H21NO5. The normalized spacial score (nSPS) is 9.85. The van der Waals surface area contributed by atoms with Crippen LogP contribution in [0.5, 0.6) is 17.2 Å². The third-order valence-corrected chi connectivity index (χ3v) is 3.25.